The van der Waals surface area contributed by atoms with Crippen LogP contribution in [-0.4, -0.2) is 6.04 Å². The molecule has 0 fully saturated rings. The third-order valence-electron chi connectivity index (χ3n) is 3.64. The Hall–Kier alpha value is -1.38. The number of halogens is 2. The first-order chi connectivity index (χ1) is 9.88. The average Bonchev–Trinajstić information content (AvgIpc) is 2.42. The minimum atomic E-state index is -0.188. The van der Waals surface area contributed by atoms with Crippen LogP contribution in [0.5, 0.6) is 0 Å². The topological polar surface area (TPSA) is 12.0 Å². The Kier molecular flexibility index (Phi) is 5.02. The lowest BCUT2D eigenvalue weighted by Crippen LogP contribution is -2.22. The van der Waals surface area contributed by atoms with Gasteiger partial charge in [-0.05, 0) is 54.8 Å². The van der Waals surface area contributed by atoms with E-state index in [1.807, 2.05) is 32.9 Å². The fourth-order valence-corrected chi connectivity index (χ4v) is 2.52. The molecule has 21 heavy (non-hydrogen) atoms. The lowest BCUT2D eigenvalue weighted by atomic mass is 9.98. The van der Waals surface area contributed by atoms with Crippen LogP contribution in [0.1, 0.15) is 30.5 Å². The van der Waals surface area contributed by atoms with Crippen molar-refractivity contribution >= 4 is 11.6 Å². The highest BCUT2D eigenvalue weighted by Gasteiger charge is 2.10. The zero-order valence-electron chi connectivity index (χ0n) is 12.9. The summed E-state index contributed by atoms with van der Waals surface area (Å²) in [6, 6.07) is 9.51. The van der Waals surface area contributed by atoms with Crippen molar-refractivity contribution in [3.05, 3.63) is 57.9 Å². The number of hydrogen-bond donors (Lipinski definition) is 1. The van der Waals surface area contributed by atoms with Gasteiger partial charge in [0.1, 0.15) is 5.82 Å². The van der Waals surface area contributed by atoms with Crippen LogP contribution in [-0.2, 0) is 6.54 Å². The molecule has 0 saturated carbocycles. The van der Waals surface area contributed by atoms with Gasteiger partial charge in [-0.2, -0.15) is 0 Å². The van der Waals surface area contributed by atoms with Crippen LogP contribution in [0, 0.1) is 19.7 Å². The van der Waals surface area contributed by atoms with Gasteiger partial charge in [0.25, 0.3) is 0 Å². The van der Waals surface area contributed by atoms with Crippen LogP contribution in [0.4, 0.5) is 4.39 Å². The first kappa shape index (κ1) is 16.0. The first-order valence-corrected chi connectivity index (χ1v) is 7.55. The highest BCUT2D eigenvalue weighted by Crippen LogP contribution is 2.31. The number of aryl methyl sites for hydroxylation is 2. The molecule has 2 rings (SSSR count). The van der Waals surface area contributed by atoms with Crippen LogP contribution in [0.2, 0.25) is 5.02 Å². The molecule has 0 aliphatic carbocycles. The van der Waals surface area contributed by atoms with Crippen molar-refractivity contribution < 1.29 is 4.39 Å². The third kappa shape index (κ3) is 3.84. The van der Waals surface area contributed by atoms with Crippen LogP contribution >= 0.6 is 11.6 Å². The summed E-state index contributed by atoms with van der Waals surface area (Å²) in [6.45, 7) is 8.69. The van der Waals surface area contributed by atoms with Crippen LogP contribution < -0.4 is 5.32 Å². The van der Waals surface area contributed by atoms with E-state index in [4.69, 9.17) is 11.6 Å². The smallest absolute Gasteiger partial charge is 0.127 e. The Morgan fingerprint density at radius 3 is 2.43 bits per heavy atom. The van der Waals surface area contributed by atoms with Gasteiger partial charge in [-0.15, -0.1) is 0 Å². The maximum atomic E-state index is 13.9. The maximum Gasteiger partial charge on any atom is 0.127 e. The van der Waals surface area contributed by atoms with Gasteiger partial charge in [0, 0.05) is 28.7 Å². The van der Waals surface area contributed by atoms with Crippen molar-refractivity contribution in [1.82, 2.24) is 5.32 Å². The van der Waals surface area contributed by atoms with E-state index in [0.29, 0.717) is 23.2 Å². The second kappa shape index (κ2) is 6.59. The molecule has 2 aromatic rings. The van der Waals surface area contributed by atoms with Crippen molar-refractivity contribution in [2.75, 3.05) is 0 Å². The minimum absolute atomic E-state index is 0.188. The molecular weight excluding hydrogens is 285 g/mol. The SMILES string of the molecule is Cc1cc(Cl)c(-c2ccc(F)c(CNC(C)C)c2)cc1C. The Bertz CT molecular complexity index is 650. The van der Waals surface area contributed by atoms with Gasteiger partial charge in [-0.3, -0.25) is 0 Å². The fraction of sp³-hybridized carbons (Fsp3) is 0.333. The average molecular weight is 306 g/mol. The summed E-state index contributed by atoms with van der Waals surface area (Å²) >= 11 is 6.35. The zero-order valence-corrected chi connectivity index (χ0v) is 13.7. The van der Waals surface area contributed by atoms with E-state index in [0.717, 1.165) is 16.7 Å². The van der Waals surface area contributed by atoms with E-state index < -0.39 is 0 Å². The molecule has 0 heterocycles. The predicted octanol–water partition coefficient (Wildman–Crippen LogP) is 5.26. The second-order valence-corrected chi connectivity index (χ2v) is 6.17. The molecule has 2 aromatic carbocycles. The quantitative estimate of drug-likeness (QED) is 0.812. The molecule has 0 aliphatic rings. The Morgan fingerprint density at radius 2 is 1.76 bits per heavy atom. The molecule has 0 unspecified atom stereocenters. The van der Waals surface area contributed by atoms with Crippen LogP contribution in [0.15, 0.2) is 30.3 Å². The monoisotopic (exact) mass is 305 g/mol. The van der Waals surface area contributed by atoms with Crippen molar-refractivity contribution in [2.24, 2.45) is 0 Å². The summed E-state index contributed by atoms with van der Waals surface area (Å²) in [7, 11) is 0. The maximum absolute atomic E-state index is 13.9. The molecule has 0 aromatic heterocycles. The zero-order chi connectivity index (χ0) is 15.6. The Balaban J connectivity index is 2.41. The molecule has 1 N–H and O–H groups in total. The number of rotatable bonds is 4. The fourth-order valence-electron chi connectivity index (χ4n) is 2.19. The van der Waals surface area contributed by atoms with E-state index in [-0.39, 0.29) is 5.82 Å². The Labute approximate surface area is 131 Å². The van der Waals surface area contributed by atoms with Gasteiger partial charge in [-0.25, -0.2) is 4.39 Å². The van der Waals surface area contributed by atoms with E-state index in [2.05, 4.69) is 18.3 Å². The van der Waals surface area contributed by atoms with Crippen molar-refractivity contribution in [1.29, 1.82) is 0 Å². The number of nitrogens with one attached hydrogen (secondary N) is 1. The molecule has 0 atom stereocenters. The highest BCUT2D eigenvalue weighted by atomic mass is 35.5. The molecule has 0 saturated heterocycles. The Morgan fingerprint density at radius 1 is 1.10 bits per heavy atom. The second-order valence-electron chi connectivity index (χ2n) is 5.76. The molecule has 0 spiro atoms. The van der Waals surface area contributed by atoms with Gasteiger partial charge in [-0.1, -0.05) is 31.5 Å². The minimum Gasteiger partial charge on any atom is -0.310 e. The molecule has 112 valence electrons. The molecule has 0 amide bonds. The number of benzene rings is 2. The predicted molar refractivity (Wildman–Crippen MR) is 88.3 cm³/mol. The number of hydrogen-bond acceptors (Lipinski definition) is 1. The van der Waals surface area contributed by atoms with Gasteiger partial charge >= 0.3 is 0 Å². The van der Waals surface area contributed by atoms with Gasteiger partial charge in [0.05, 0.1) is 0 Å². The molecular formula is C18H21ClFN. The standard InChI is InChI=1S/C18H21ClFN/c1-11(2)21-10-15-9-14(5-6-18(15)20)16-7-12(3)13(4)8-17(16)19/h5-9,11,21H,10H2,1-4H3. The molecule has 0 bridgehead atoms. The highest BCUT2D eigenvalue weighted by molar-refractivity contribution is 6.33. The van der Waals surface area contributed by atoms with Crippen molar-refractivity contribution in [3.8, 4) is 11.1 Å². The lowest BCUT2D eigenvalue weighted by Gasteiger charge is -2.13. The molecule has 3 heteroatoms. The van der Waals surface area contributed by atoms with E-state index in [9.17, 15) is 4.39 Å². The third-order valence-corrected chi connectivity index (χ3v) is 3.95. The summed E-state index contributed by atoms with van der Waals surface area (Å²) < 4.78 is 13.9. The van der Waals surface area contributed by atoms with E-state index in [1.165, 1.54) is 11.6 Å². The summed E-state index contributed by atoms with van der Waals surface area (Å²) in [6.07, 6.45) is 0. The summed E-state index contributed by atoms with van der Waals surface area (Å²) in [5.41, 5.74) is 4.90. The molecule has 1 nitrogen and oxygen atoms in total. The summed E-state index contributed by atoms with van der Waals surface area (Å²) in [5.74, 6) is -0.188. The van der Waals surface area contributed by atoms with Crippen molar-refractivity contribution in [2.45, 2.75) is 40.3 Å². The lowest BCUT2D eigenvalue weighted by molar-refractivity contribution is 0.553. The van der Waals surface area contributed by atoms with Crippen molar-refractivity contribution in [3.63, 3.8) is 0 Å². The van der Waals surface area contributed by atoms with E-state index in [1.54, 1.807) is 6.07 Å². The van der Waals surface area contributed by atoms with Crippen LogP contribution in [0.25, 0.3) is 11.1 Å². The van der Waals surface area contributed by atoms with Gasteiger partial charge in [0.2, 0.25) is 0 Å². The first-order valence-electron chi connectivity index (χ1n) is 7.17. The largest absolute Gasteiger partial charge is 0.310 e. The van der Waals surface area contributed by atoms with Gasteiger partial charge < -0.3 is 5.32 Å². The summed E-state index contributed by atoms with van der Waals surface area (Å²) in [4.78, 5) is 0. The molecule has 0 radical (unpaired) electrons. The normalized spacial score (nSPS) is 11.2. The molecule has 0 aliphatic heterocycles. The summed E-state index contributed by atoms with van der Waals surface area (Å²) in [5, 5.41) is 3.94. The van der Waals surface area contributed by atoms with E-state index >= 15 is 0 Å². The van der Waals surface area contributed by atoms with Crippen LogP contribution in [0.3, 0.4) is 0 Å². The van der Waals surface area contributed by atoms with Gasteiger partial charge in [0.15, 0.2) is 0 Å².